The molecule has 1 atom stereocenters. The predicted molar refractivity (Wildman–Crippen MR) is 149 cm³/mol. The zero-order valence-electron chi connectivity index (χ0n) is 24.0. The van der Waals surface area contributed by atoms with Crippen LogP contribution < -0.4 is 0 Å². The number of likely N-dealkylation sites (tertiary alicyclic amines) is 1. The van der Waals surface area contributed by atoms with Gasteiger partial charge in [-0.15, -0.1) is 0 Å². The molecule has 208 valence electrons. The number of methoxy groups -OCH3 is 2. The van der Waals surface area contributed by atoms with Gasteiger partial charge in [-0.2, -0.15) is 0 Å². The Morgan fingerprint density at radius 2 is 1.95 bits per heavy atom. The number of hydrogen-bond donors (Lipinski definition) is 0. The molecule has 0 unspecified atom stereocenters. The van der Waals surface area contributed by atoms with Crippen LogP contribution in [0.1, 0.15) is 53.4 Å². The van der Waals surface area contributed by atoms with Gasteiger partial charge in [0.1, 0.15) is 11.5 Å². The third-order valence-electron chi connectivity index (χ3n) is 8.43. The van der Waals surface area contributed by atoms with Crippen molar-refractivity contribution >= 4 is 11.9 Å². The van der Waals surface area contributed by atoms with Crippen LogP contribution >= 0.6 is 0 Å². The number of nitrogens with zero attached hydrogens (tertiary/aromatic N) is 4. The van der Waals surface area contributed by atoms with Gasteiger partial charge < -0.3 is 24.2 Å². The fourth-order valence-electron chi connectivity index (χ4n) is 6.43. The van der Waals surface area contributed by atoms with E-state index in [1.165, 1.54) is 5.57 Å². The number of carbonyl (C=O) groups excluding carboxylic acids is 2. The summed E-state index contributed by atoms with van der Waals surface area (Å²) in [5.74, 6) is 1.97. The summed E-state index contributed by atoms with van der Waals surface area (Å²) in [5, 5.41) is 0. The van der Waals surface area contributed by atoms with Crippen molar-refractivity contribution < 1.29 is 19.1 Å². The van der Waals surface area contributed by atoms with Crippen LogP contribution in [0.4, 0.5) is 4.79 Å². The summed E-state index contributed by atoms with van der Waals surface area (Å²) in [7, 11) is 3.37. The van der Waals surface area contributed by atoms with E-state index in [4.69, 9.17) is 9.47 Å². The molecule has 4 aliphatic rings. The highest BCUT2D eigenvalue weighted by Gasteiger charge is 2.54. The van der Waals surface area contributed by atoms with Crippen LogP contribution in [0.15, 0.2) is 58.9 Å². The van der Waals surface area contributed by atoms with E-state index in [0.717, 1.165) is 48.6 Å². The number of ether oxygens (including phenoxy) is 2. The number of rotatable bonds is 7. The Morgan fingerprint density at radius 1 is 1.21 bits per heavy atom. The molecular weight excluding hydrogens is 480 g/mol. The number of fused-ring (bicyclic) bond motifs is 2. The average molecular weight is 525 g/mol. The molecular formula is C30H44N4O4. The lowest BCUT2D eigenvalue weighted by Gasteiger charge is -2.45. The molecule has 2 fully saturated rings. The van der Waals surface area contributed by atoms with Crippen molar-refractivity contribution in [3.8, 4) is 0 Å². The Morgan fingerprint density at radius 3 is 2.55 bits per heavy atom. The largest absolute Gasteiger partial charge is 0.497 e. The Balaban J connectivity index is 1.61. The molecule has 3 heterocycles. The van der Waals surface area contributed by atoms with Gasteiger partial charge in [-0.3, -0.25) is 9.69 Å². The lowest BCUT2D eigenvalue weighted by atomic mass is 9.80. The molecule has 0 saturated carbocycles. The molecule has 0 N–H and O–H groups in total. The van der Waals surface area contributed by atoms with E-state index < -0.39 is 0 Å². The van der Waals surface area contributed by atoms with Gasteiger partial charge in [-0.1, -0.05) is 19.1 Å². The monoisotopic (exact) mass is 524 g/mol. The smallest absolute Gasteiger partial charge is 0.325 e. The van der Waals surface area contributed by atoms with Crippen molar-refractivity contribution in [2.75, 3.05) is 53.5 Å². The number of carbonyl (C=O) groups is 2. The molecule has 8 heteroatoms. The van der Waals surface area contributed by atoms with Crippen molar-refractivity contribution in [2.24, 2.45) is 5.92 Å². The van der Waals surface area contributed by atoms with Crippen LogP contribution in [0.5, 0.6) is 0 Å². The molecule has 0 aromatic rings. The van der Waals surface area contributed by atoms with Gasteiger partial charge in [-0.05, 0) is 75.8 Å². The Kier molecular flexibility index (Phi) is 8.58. The maximum absolute atomic E-state index is 13.9. The van der Waals surface area contributed by atoms with Crippen molar-refractivity contribution in [2.45, 2.75) is 58.9 Å². The Hall–Kier alpha value is -3.16. The first kappa shape index (κ1) is 27.9. The summed E-state index contributed by atoms with van der Waals surface area (Å²) in [6.45, 7) is 12.0. The molecule has 8 nitrogen and oxygen atoms in total. The van der Waals surface area contributed by atoms with E-state index in [-0.39, 0.29) is 23.4 Å². The Labute approximate surface area is 227 Å². The summed E-state index contributed by atoms with van der Waals surface area (Å²) < 4.78 is 11.3. The van der Waals surface area contributed by atoms with Crippen molar-refractivity contribution in [1.82, 2.24) is 19.6 Å². The average Bonchev–Trinajstić information content (AvgIpc) is 3.01. The van der Waals surface area contributed by atoms with Gasteiger partial charge in [0.25, 0.3) is 0 Å². The molecule has 0 aromatic heterocycles. The highest BCUT2D eigenvalue weighted by Crippen LogP contribution is 2.46. The van der Waals surface area contributed by atoms with E-state index in [9.17, 15) is 9.59 Å². The number of amides is 3. The van der Waals surface area contributed by atoms with Gasteiger partial charge in [0.2, 0.25) is 5.91 Å². The Bertz CT molecular complexity index is 1080. The molecule has 1 aliphatic carbocycles. The fraction of sp³-hybridized carbons (Fsp3) is 0.600. The molecule has 0 radical (unpaired) electrons. The van der Waals surface area contributed by atoms with E-state index in [1.54, 1.807) is 14.2 Å². The SMILES string of the molecule is C/C=C\N(CC)CC(=O)N1CCC2(CC1)/C1=C/[C@H](C)CC3=C(CC=C(OC)C=C3OC)CN1C(=O)N2CC. The third kappa shape index (κ3) is 5.09. The lowest BCUT2D eigenvalue weighted by molar-refractivity contribution is -0.133. The second-order valence-corrected chi connectivity index (χ2v) is 10.6. The van der Waals surface area contributed by atoms with Crippen LogP contribution in [0, 0.1) is 5.92 Å². The van der Waals surface area contributed by atoms with Crippen LogP contribution in [-0.2, 0) is 14.3 Å². The molecule has 4 rings (SSSR count). The summed E-state index contributed by atoms with van der Waals surface area (Å²) in [6, 6.07) is 0.0628. The van der Waals surface area contributed by atoms with Gasteiger partial charge in [0, 0.05) is 44.5 Å². The van der Waals surface area contributed by atoms with Crippen molar-refractivity contribution in [1.29, 1.82) is 0 Å². The lowest BCUT2D eigenvalue weighted by Crippen LogP contribution is -2.55. The third-order valence-corrected chi connectivity index (χ3v) is 8.43. The van der Waals surface area contributed by atoms with Gasteiger partial charge in [-0.25, -0.2) is 4.79 Å². The van der Waals surface area contributed by atoms with E-state index in [0.29, 0.717) is 39.1 Å². The number of urea groups is 1. The van der Waals surface area contributed by atoms with Crippen LogP contribution in [0.2, 0.25) is 0 Å². The van der Waals surface area contributed by atoms with Gasteiger partial charge in [0.05, 0.1) is 26.3 Å². The van der Waals surface area contributed by atoms with E-state index in [2.05, 4.69) is 37.8 Å². The molecule has 0 aromatic carbocycles. The van der Waals surface area contributed by atoms with Crippen LogP contribution in [0.3, 0.4) is 0 Å². The summed E-state index contributed by atoms with van der Waals surface area (Å²) in [5.41, 5.74) is 3.10. The van der Waals surface area contributed by atoms with Crippen molar-refractivity contribution in [3.63, 3.8) is 0 Å². The standard InChI is InChI=1S/C30H44N4O4/c1-7-14-31(8-2)21-28(35)32-15-12-30(13-16-32)27-18-22(4)17-25-23(20-33(27)29(36)34(30)9-3)10-11-24(37-5)19-26(25)38-6/h7,11,14,18-19,22H,8-10,12-13,15-17,20-21H2,1-6H3/b14-7-,27-18-/t22-/m1/s1. The number of piperidine rings is 1. The van der Waals surface area contributed by atoms with Crippen LogP contribution in [-0.4, -0.2) is 90.6 Å². The molecule has 0 bridgehead atoms. The number of hydrogen-bond acceptors (Lipinski definition) is 5. The first-order valence-corrected chi connectivity index (χ1v) is 14.0. The second-order valence-electron chi connectivity index (χ2n) is 10.6. The molecule has 2 saturated heterocycles. The normalized spacial score (nSPS) is 24.7. The number of likely N-dealkylation sites (N-methyl/N-ethyl adjacent to an activating group) is 2. The number of allylic oxidation sites excluding steroid dienone is 5. The van der Waals surface area contributed by atoms with E-state index >= 15 is 0 Å². The summed E-state index contributed by atoms with van der Waals surface area (Å²) >= 11 is 0. The second kappa shape index (κ2) is 11.7. The highest BCUT2D eigenvalue weighted by atomic mass is 16.5. The predicted octanol–water partition coefficient (Wildman–Crippen LogP) is 4.65. The highest BCUT2D eigenvalue weighted by molar-refractivity contribution is 5.83. The fourth-order valence-corrected chi connectivity index (χ4v) is 6.43. The maximum Gasteiger partial charge on any atom is 0.325 e. The van der Waals surface area contributed by atoms with Gasteiger partial charge in [0.15, 0.2) is 0 Å². The summed E-state index contributed by atoms with van der Waals surface area (Å²) in [6.07, 6.45) is 13.3. The minimum Gasteiger partial charge on any atom is -0.497 e. The quantitative estimate of drug-likeness (QED) is 0.485. The first-order valence-electron chi connectivity index (χ1n) is 14.0. The molecule has 38 heavy (non-hydrogen) atoms. The maximum atomic E-state index is 13.9. The minimum atomic E-state index is -0.374. The molecule has 3 amide bonds. The molecule has 3 aliphatic heterocycles. The minimum absolute atomic E-state index is 0.0628. The zero-order chi connectivity index (χ0) is 27.4. The van der Waals surface area contributed by atoms with E-state index in [1.807, 2.05) is 40.0 Å². The van der Waals surface area contributed by atoms with Gasteiger partial charge >= 0.3 is 6.03 Å². The zero-order valence-corrected chi connectivity index (χ0v) is 24.0. The van der Waals surface area contributed by atoms with Crippen molar-refractivity contribution in [3.05, 3.63) is 58.9 Å². The summed E-state index contributed by atoms with van der Waals surface area (Å²) in [4.78, 5) is 35.1. The van der Waals surface area contributed by atoms with Crippen LogP contribution in [0.25, 0.3) is 0 Å². The first-order chi connectivity index (χ1) is 18.3. The molecule has 1 spiro atoms. The topological polar surface area (TPSA) is 65.6 Å².